The molecule has 3 atom stereocenters. The van der Waals surface area contributed by atoms with E-state index in [2.05, 4.69) is 4.90 Å². The molecule has 2 saturated heterocycles. The van der Waals surface area contributed by atoms with Crippen molar-refractivity contribution in [1.82, 2.24) is 9.21 Å². The van der Waals surface area contributed by atoms with Gasteiger partial charge < -0.3 is 5.11 Å². The molecule has 0 amide bonds. The fourth-order valence-electron chi connectivity index (χ4n) is 5.45. The highest BCUT2D eigenvalue weighted by Crippen LogP contribution is 2.43. The van der Waals surface area contributed by atoms with E-state index in [1.54, 1.807) is 40.7 Å². The van der Waals surface area contributed by atoms with E-state index in [1.807, 2.05) is 36.4 Å². The summed E-state index contributed by atoms with van der Waals surface area (Å²) in [5, 5.41) is 10.2. The van der Waals surface area contributed by atoms with Crippen molar-refractivity contribution in [1.29, 1.82) is 0 Å². The van der Waals surface area contributed by atoms with Crippen LogP contribution >= 0.6 is 0 Å². The van der Waals surface area contributed by atoms with Gasteiger partial charge in [-0.25, -0.2) is 12.8 Å². The zero-order valence-corrected chi connectivity index (χ0v) is 19.7. The Kier molecular flexibility index (Phi) is 6.53. The van der Waals surface area contributed by atoms with Crippen molar-refractivity contribution in [3.8, 4) is 11.1 Å². The molecule has 5 rings (SSSR count). The van der Waals surface area contributed by atoms with Gasteiger partial charge in [-0.15, -0.1) is 0 Å². The van der Waals surface area contributed by atoms with Crippen molar-refractivity contribution in [2.24, 2.45) is 0 Å². The summed E-state index contributed by atoms with van der Waals surface area (Å²) in [5.74, 6) is -0.258. The maximum atomic E-state index is 14.2. The highest BCUT2D eigenvalue weighted by Gasteiger charge is 2.50. The molecule has 0 radical (unpaired) electrons. The highest BCUT2D eigenvalue weighted by atomic mass is 32.2. The molecule has 7 heteroatoms. The number of sulfonamides is 1. The van der Waals surface area contributed by atoms with Crippen molar-refractivity contribution in [3.05, 3.63) is 90.2 Å². The van der Waals surface area contributed by atoms with Gasteiger partial charge in [0.15, 0.2) is 0 Å². The normalized spacial score (nSPS) is 24.0. The predicted molar refractivity (Wildman–Crippen MR) is 130 cm³/mol. The lowest BCUT2D eigenvalue weighted by molar-refractivity contribution is -0.0553. The van der Waals surface area contributed by atoms with Crippen molar-refractivity contribution in [3.63, 3.8) is 0 Å². The summed E-state index contributed by atoms with van der Waals surface area (Å²) in [7, 11) is -3.60. The van der Waals surface area contributed by atoms with Gasteiger partial charge in [-0.1, -0.05) is 60.7 Å². The maximum absolute atomic E-state index is 14.2. The largest absolute Gasteiger partial charge is 0.395 e. The molecule has 3 aromatic carbocycles. The Balaban J connectivity index is 1.43. The van der Waals surface area contributed by atoms with Crippen LogP contribution in [-0.2, 0) is 10.0 Å². The van der Waals surface area contributed by atoms with Gasteiger partial charge in [0, 0.05) is 36.7 Å². The molecular weight excluding hydrogens is 451 g/mol. The SMILES string of the molecule is O=S(=O)(c1ccccc1)N1CCCCN2[C@H](CO)[C@H](c3ccc(-c4ccccc4F)cc3)[C@H]2C1. The molecule has 1 N–H and O–H groups in total. The first-order valence-electron chi connectivity index (χ1n) is 11.8. The Bertz CT molecular complexity index is 1230. The summed E-state index contributed by atoms with van der Waals surface area (Å²) in [5.41, 5.74) is 2.39. The van der Waals surface area contributed by atoms with E-state index < -0.39 is 10.0 Å². The first-order valence-corrected chi connectivity index (χ1v) is 13.2. The monoisotopic (exact) mass is 480 g/mol. The molecule has 2 aliphatic heterocycles. The van der Waals surface area contributed by atoms with Crippen LogP contribution in [0.1, 0.15) is 24.3 Å². The predicted octanol–water partition coefficient (Wildman–Crippen LogP) is 4.11. The van der Waals surface area contributed by atoms with Gasteiger partial charge >= 0.3 is 0 Å². The first-order chi connectivity index (χ1) is 16.5. The molecule has 0 aliphatic carbocycles. The minimum absolute atomic E-state index is 0.00578. The Labute approximate surface area is 200 Å². The Hall–Kier alpha value is -2.58. The average Bonchev–Trinajstić information content (AvgIpc) is 2.84. The lowest BCUT2D eigenvalue weighted by Gasteiger charge is -2.57. The Morgan fingerprint density at radius 2 is 1.56 bits per heavy atom. The minimum Gasteiger partial charge on any atom is -0.395 e. The van der Waals surface area contributed by atoms with Crippen LogP contribution in [0.4, 0.5) is 4.39 Å². The van der Waals surface area contributed by atoms with Gasteiger partial charge in [-0.2, -0.15) is 4.31 Å². The molecule has 2 heterocycles. The van der Waals surface area contributed by atoms with Crippen LogP contribution in [-0.4, -0.2) is 61.1 Å². The number of halogens is 1. The van der Waals surface area contributed by atoms with E-state index in [9.17, 15) is 17.9 Å². The second kappa shape index (κ2) is 9.58. The number of aliphatic hydroxyl groups is 1. The van der Waals surface area contributed by atoms with Gasteiger partial charge in [0.1, 0.15) is 5.82 Å². The topological polar surface area (TPSA) is 60.9 Å². The quantitative estimate of drug-likeness (QED) is 0.597. The van der Waals surface area contributed by atoms with Crippen LogP contribution in [0.2, 0.25) is 0 Å². The lowest BCUT2D eigenvalue weighted by atomic mass is 9.74. The second-order valence-corrected chi connectivity index (χ2v) is 11.0. The van der Waals surface area contributed by atoms with E-state index in [4.69, 9.17) is 0 Å². The number of rotatable bonds is 5. The van der Waals surface area contributed by atoms with Crippen LogP contribution in [0, 0.1) is 5.82 Å². The highest BCUT2D eigenvalue weighted by molar-refractivity contribution is 7.89. The molecular formula is C27H29FN2O3S. The number of nitrogens with zero attached hydrogens (tertiary/aromatic N) is 2. The minimum atomic E-state index is -3.60. The molecule has 3 aromatic rings. The molecule has 178 valence electrons. The van der Waals surface area contributed by atoms with Crippen LogP contribution < -0.4 is 0 Å². The van der Waals surface area contributed by atoms with Gasteiger partial charge in [0.05, 0.1) is 11.5 Å². The zero-order chi connectivity index (χ0) is 23.7. The molecule has 2 aliphatic rings. The molecule has 0 saturated carbocycles. The molecule has 0 spiro atoms. The third kappa shape index (κ3) is 4.18. The number of aliphatic hydroxyl groups excluding tert-OH is 1. The summed E-state index contributed by atoms with van der Waals surface area (Å²) >= 11 is 0. The smallest absolute Gasteiger partial charge is 0.243 e. The third-order valence-corrected chi connectivity index (χ3v) is 9.07. The first kappa shape index (κ1) is 23.2. The fourth-order valence-corrected chi connectivity index (χ4v) is 6.97. The summed E-state index contributed by atoms with van der Waals surface area (Å²) < 4.78 is 42.6. The van der Waals surface area contributed by atoms with Gasteiger partial charge in [0.2, 0.25) is 10.0 Å². The Morgan fingerprint density at radius 1 is 0.882 bits per heavy atom. The number of benzene rings is 3. The fraction of sp³-hybridized carbons (Fsp3) is 0.333. The molecule has 0 bridgehead atoms. The van der Waals surface area contributed by atoms with Crippen LogP contribution in [0.25, 0.3) is 11.1 Å². The number of hydrogen-bond donors (Lipinski definition) is 1. The summed E-state index contributed by atoms with van der Waals surface area (Å²) in [6.45, 7) is 1.73. The van der Waals surface area contributed by atoms with Crippen molar-refractivity contribution >= 4 is 10.0 Å². The average molecular weight is 481 g/mol. The van der Waals surface area contributed by atoms with Gasteiger partial charge in [-0.05, 0) is 48.7 Å². The lowest BCUT2D eigenvalue weighted by Crippen LogP contribution is -2.67. The zero-order valence-electron chi connectivity index (χ0n) is 18.9. The van der Waals surface area contributed by atoms with Crippen LogP contribution in [0.5, 0.6) is 0 Å². The number of hydrogen-bond acceptors (Lipinski definition) is 4. The summed E-state index contributed by atoms with van der Waals surface area (Å²) in [6.07, 6.45) is 1.67. The molecule has 0 unspecified atom stereocenters. The number of fused-ring (bicyclic) bond motifs is 1. The summed E-state index contributed by atoms with van der Waals surface area (Å²) in [4.78, 5) is 2.56. The second-order valence-electron chi connectivity index (χ2n) is 9.07. The van der Waals surface area contributed by atoms with Crippen molar-refractivity contribution in [2.75, 3.05) is 26.2 Å². The van der Waals surface area contributed by atoms with E-state index >= 15 is 0 Å². The van der Waals surface area contributed by atoms with Crippen molar-refractivity contribution in [2.45, 2.75) is 35.7 Å². The summed E-state index contributed by atoms with van der Waals surface area (Å²) in [6, 6.07) is 23.0. The van der Waals surface area contributed by atoms with Crippen molar-refractivity contribution < 1.29 is 17.9 Å². The molecule has 0 aromatic heterocycles. The van der Waals surface area contributed by atoms with E-state index in [0.29, 0.717) is 23.5 Å². The molecule has 5 nitrogen and oxygen atoms in total. The van der Waals surface area contributed by atoms with E-state index in [0.717, 1.165) is 30.5 Å². The van der Waals surface area contributed by atoms with E-state index in [1.165, 1.54) is 6.07 Å². The Morgan fingerprint density at radius 3 is 2.26 bits per heavy atom. The van der Waals surface area contributed by atoms with Gasteiger partial charge in [0.25, 0.3) is 0 Å². The molecule has 34 heavy (non-hydrogen) atoms. The van der Waals surface area contributed by atoms with Crippen LogP contribution in [0.15, 0.2) is 83.8 Å². The molecule has 2 fully saturated rings. The van der Waals surface area contributed by atoms with E-state index in [-0.39, 0.29) is 30.4 Å². The standard InChI is InChI=1S/C27H29FN2O3S/c28-24-11-5-4-10-23(24)20-12-14-21(15-13-20)27-25-18-29(16-6-7-17-30(25)26(27)19-31)34(32,33)22-8-2-1-3-9-22/h1-5,8-15,25-27,31H,6-7,16-19H2/t25-,26-,27-/m1/s1. The maximum Gasteiger partial charge on any atom is 0.243 e. The third-order valence-electron chi connectivity index (χ3n) is 7.19. The van der Waals surface area contributed by atoms with Gasteiger partial charge in [-0.3, -0.25) is 4.90 Å². The van der Waals surface area contributed by atoms with Crippen LogP contribution in [0.3, 0.4) is 0 Å².